The van der Waals surface area contributed by atoms with Gasteiger partial charge in [0.25, 0.3) is 0 Å². The van der Waals surface area contributed by atoms with Crippen LogP contribution in [0.5, 0.6) is 5.75 Å². The molecule has 0 saturated heterocycles. The lowest BCUT2D eigenvalue weighted by Crippen LogP contribution is -2.14. The van der Waals surface area contributed by atoms with Gasteiger partial charge >= 0.3 is 0 Å². The number of rotatable bonds is 8. The third-order valence-corrected chi connectivity index (χ3v) is 3.15. The number of nitrogens with two attached hydrogens (primary N) is 1. The van der Waals surface area contributed by atoms with Crippen molar-refractivity contribution in [3.8, 4) is 5.75 Å². The third-order valence-electron chi connectivity index (χ3n) is 2.35. The maximum atomic E-state index is 5.79. The van der Waals surface area contributed by atoms with E-state index >= 15 is 0 Å². The summed E-state index contributed by atoms with van der Waals surface area (Å²) in [5, 5.41) is 4.28. The van der Waals surface area contributed by atoms with Crippen molar-refractivity contribution in [3.63, 3.8) is 0 Å². The summed E-state index contributed by atoms with van der Waals surface area (Å²) in [6, 6.07) is 0. The summed E-state index contributed by atoms with van der Waals surface area (Å²) in [5.41, 5.74) is 5.79. The first-order chi connectivity index (χ1) is 8.50. The topological polar surface area (TPSA) is 63.4 Å². The largest absolute Gasteiger partial charge is 0.484 e. The molecule has 104 valence electrons. The number of nitrogen functional groups attached to an aromatic ring is 1. The highest BCUT2D eigenvalue weighted by atomic mass is 32.1. The molecule has 0 amide bonds. The Balaban J connectivity index is 2.37. The van der Waals surface area contributed by atoms with Crippen LogP contribution >= 0.6 is 11.5 Å². The van der Waals surface area contributed by atoms with E-state index < -0.39 is 0 Å². The molecular weight excluding hydrogens is 248 g/mol. The number of unbranched alkanes of at least 4 members (excludes halogenated alkanes) is 1. The second-order valence-electron chi connectivity index (χ2n) is 4.83. The maximum absolute atomic E-state index is 5.79. The van der Waals surface area contributed by atoms with Gasteiger partial charge in [-0.3, -0.25) is 0 Å². The minimum Gasteiger partial charge on any atom is -0.484 e. The van der Waals surface area contributed by atoms with E-state index in [2.05, 4.69) is 28.7 Å². The van der Waals surface area contributed by atoms with Crippen LogP contribution < -0.4 is 15.8 Å². The van der Waals surface area contributed by atoms with E-state index in [9.17, 15) is 0 Å². The summed E-state index contributed by atoms with van der Waals surface area (Å²) in [6.45, 7) is 6.00. The van der Waals surface area contributed by atoms with Gasteiger partial charge in [-0.05, 0) is 58.9 Å². The Kier molecular flexibility index (Phi) is 6.21. The Labute approximate surface area is 113 Å². The van der Waals surface area contributed by atoms with Gasteiger partial charge in [-0.2, -0.15) is 4.37 Å². The van der Waals surface area contributed by atoms with Crippen molar-refractivity contribution in [2.45, 2.75) is 32.8 Å². The Morgan fingerprint density at radius 2 is 2.11 bits per heavy atom. The van der Waals surface area contributed by atoms with E-state index in [4.69, 9.17) is 10.5 Å². The molecule has 0 unspecified atom stereocenters. The highest BCUT2D eigenvalue weighted by Gasteiger charge is 2.13. The predicted octanol–water partition coefficient (Wildman–Crippen LogP) is 2.27. The van der Waals surface area contributed by atoms with Crippen LogP contribution in [0.2, 0.25) is 0 Å². The Hall–Kier alpha value is -1.01. The number of ether oxygens (including phenoxy) is 1. The number of nitrogens with zero attached hydrogens (tertiary/aromatic N) is 2. The Bertz CT molecular complexity index is 352. The summed E-state index contributed by atoms with van der Waals surface area (Å²) >= 11 is 1.36. The monoisotopic (exact) mass is 272 g/mol. The van der Waals surface area contributed by atoms with Crippen molar-refractivity contribution >= 4 is 22.4 Å². The fourth-order valence-electron chi connectivity index (χ4n) is 1.51. The van der Waals surface area contributed by atoms with Crippen LogP contribution in [0, 0.1) is 0 Å². The minimum atomic E-state index is 0.109. The third kappa shape index (κ3) is 5.10. The molecule has 3 N–H and O–H groups in total. The summed E-state index contributed by atoms with van der Waals surface area (Å²) in [5.74, 6) is 1.17. The first-order valence-electron chi connectivity index (χ1n) is 6.31. The van der Waals surface area contributed by atoms with Gasteiger partial charge in [-0.15, -0.1) is 0 Å². The van der Waals surface area contributed by atoms with Crippen molar-refractivity contribution in [2.75, 3.05) is 38.2 Å². The van der Waals surface area contributed by atoms with Crippen molar-refractivity contribution in [1.29, 1.82) is 0 Å². The number of hydrogen-bond acceptors (Lipinski definition) is 6. The van der Waals surface area contributed by atoms with E-state index in [0.29, 0.717) is 11.6 Å². The van der Waals surface area contributed by atoms with Crippen molar-refractivity contribution in [1.82, 2.24) is 9.27 Å². The van der Waals surface area contributed by atoms with Crippen molar-refractivity contribution in [2.24, 2.45) is 0 Å². The molecule has 0 aliphatic carbocycles. The molecule has 6 heteroatoms. The molecule has 0 aliphatic rings. The number of aromatic nitrogens is 1. The van der Waals surface area contributed by atoms with E-state index in [1.807, 2.05) is 13.8 Å². The molecule has 0 spiro atoms. The first-order valence-corrected chi connectivity index (χ1v) is 7.08. The van der Waals surface area contributed by atoms with Crippen LogP contribution in [0.4, 0.5) is 10.8 Å². The van der Waals surface area contributed by atoms with E-state index in [1.165, 1.54) is 18.0 Å². The summed E-state index contributed by atoms with van der Waals surface area (Å²) in [6.07, 6.45) is 2.41. The summed E-state index contributed by atoms with van der Waals surface area (Å²) < 4.78 is 9.78. The Morgan fingerprint density at radius 1 is 1.39 bits per heavy atom. The average Bonchev–Trinajstić information content (AvgIpc) is 2.60. The number of nitrogens with one attached hydrogen (secondary N) is 1. The van der Waals surface area contributed by atoms with Gasteiger partial charge in [-0.1, -0.05) is 0 Å². The molecule has 0 saturated carbocycles. The zero-order chi connectivity index (χ0) is 13.5. The highest BCUT2D eigenvalue weighted by molar-refractivity contribution is 7.11. The summed E-state index contributed by atoms with van der Waals surface area (Å²) in [7, 11) is 4.18. The van der Waals surface area contributed by atoms with Gasteiger partial charge in [0, 0.05) is 6.54 Å². The van der Waals surface area contributed by atoms with Crippen LogP contribution in [0.1, 0.15) is 26.7 Å². The van der Waals surface area contributed by atoms with Crippen LogP contribution in [-0.2, 0) is 0 Å². The standard InChI is InChI=1S/C12H24N4OS/c1-9(2)17-10-11(13)15-18-12(10)14-7-5-6-8-16(3)4/h9,14H,5-8H2,1-4H3,(H2,13,15). The molecular formula is C12H24N4OS. The second kappa shape index (κ2) is 7.43. The molecule has 1 aromatic rings. The van der Waals surface area contributed by atoms with E-state index in [0.717, 1.165) is 24.5 Å². The molecule has 18 heavy (non-hydrogen) atoms. The second-order valence-corrected chi connectivity index (χ2v) is 5.60. The van der Waals surface area contributed by atoms with Crippen LogP contribution in [0.25, 0.3) is 0 Å². The van der Waals surface area contributed by atoms with Gasteiger partial charge in [0.05, 0.1) is 6.10 Å². The molecule has 0 bridgehead atoms. The zero-order valence-corrected chi connectivity index (χ0v) is 12.5. The lowest BCUT2D eigenvalue weighted by molar-refractivity contribution is 0.245. The number of hydrogen-bond donors (Lipinski definition) is 2. The summed E-state index contributed by atoms with van der Waals surface area (Å²) in [4.78, 5) is 2.19. The minimum absolute atomic E-state index is 0.109. The molecule has 5 nitrogen and oxygen atoms in total. The molecule has 1 aromatic heterocycles. The fraction of sp³-hybridized carbons (Fsp3) is 0.750. The van der Waals surface area contributed by atoms with E-state index in [1.54, 1.807) is 0 Å². The quantitative estimate of drug-likeness (QED) is 0.711. The van der Waals surface area contributed by atoms with Crippen LogP contribution in [-0.4, -0.2) is 42.6 Å². The fourth-order valence-corrected chi connectivity index (χ4v) is 2.19. The lowest BCUT2D eigenvalue weighted by atomic mass is 10.3. The van der Waals surface area contributed by atoms with Gasteiger partial charge < -0.3 is 20.7 Å². The maximum Gasteiger partial charge on any atom is 0.197 e. The molecule has 0 radical (unpaired) electrons. The first kappa shape index (κ1) is 15.0. The average molecular weight is 272 g/mol. The van der Waals surface area contributed by atoms with E-state index in [-0.39, 0.29) is 6.10 Å². The van der Waals surface area contributed by atoms with Gasteiger partial charge in [0.15, 0.2) is 16.6 Å². The molecule has 0 aromatic carbocycles. The molecule has 1 heterocycles. The molecule has 1 rings (SSSR count). The number of anilines is 2. The predicted molar refractivity (Wildman–Crippen MR) is 78.6 cm³/mol. The van der Waals surface area contributed by atoms with Crippen LogP contribution in [0.3, 0.4) is 0 Å². The molecule has 0 fully saturated rings. The van der Waals surface area contributed by atoms with Gasteiger partial charge in [0.1, 0.15) is 0 Å². The van der Waals surface area contributed by atoms with Gasteiger partial charge in [0.2, 0.25) is 0 Å². The highest BCUT2D eigenvalue weighted by Crippen LogP contribution is 2.35. The SMILES string of the molecule is CC(C)Oc1c(N)nsc1NCCCCN(C)C. The van der Waals surface area contributed by atoms with Crippen molar-refractivity contribution < 1.29 is 4.74 Å². The van der Waals surface area contributed by atoms with Crippen LogP contribution in [0.15, 0.2) is 0 Å². The molecule has 0 atom stereocenters. The lowest BCUT2D eigenvalue weighted by Gasteiger charge is -2.12. The molecule has 0 aliphatic heterocycles. The smallest absolute Gasteiger partial charge is 0.197 e. The zero-order valence-electron chi connectivity index (χ0n) is 11.7. The Morgan fingerprint density at radius 3 is 2.72 bits per heavy atom. The van der Waals surface area contributed by atoms with Gasteiger partial charge in [-0.25, -0.2) is 0 Å². The van der Waals surface area contributed by atoms with Crippen molar-refractivity contribution in [3.05, 3.63) is 0 Å². The normalized spacial score (nSPS) is 11.2.